The van der Waals surface area contributed by atoms with Gasteiger partial charge in [0.2, 0.25) is 5.91 Å². The molecule has 5 rings (SSSR count). The number of sulfone groups is 1. The van der Waals surface area contributed by atoms with Gasteiger partial charge >= 0.3 is 18.0 Å². The van der Waals surface area contributed by atoms with E-state index in [1.54, 1.807) is 0 Å². The highest BCUT2D eigenvalue weighted by Gasteiger charge is 2.74. The zero-order valence-electron chi connectivity index (χ0n) is 23.3. The van der Waals surface area contributed by atoms with E-state index < -0.39 is 97.5 Å². The van der Waals surface area contributed by atoms with Gasteiger partial charge in [-0.25, -0.2) is 17.2 Å². The SMILES string of the molecule is O=C(C1CCC(C(O)O)CC1)N1CC(c2ccc(C(F)(C(F)(F)F)C(F)(F)F)cc2)(S(=O)(=O)c2ccc(F)cc2)CC12CC2O. The van der Waals surface area contributed by atoms with E-state index in [9.17, 15) is 63.7 Å². The first-order valence-corrected chi connectivity index (χ1v) is 15.5. The number of carbonyl (C=O) groups is 1. The van der Waals surface area contributed by atoms with E-state index in [4.69, 9.17) is 0 Å². The zero-order chi connectivity index (χ0) is 33.4. The van der Waals surface area contributed by atoms with Gasteiger partial charge in [-0.15, -0.1) is 0 Å². The van der Waals surface area contributed by atoms with Crippen LogP contribution in [0.25, 0.3) is 0 Å². The second-order valence-electron chi connectivity index (χ2n) is 12.1. The number of benzene rings is 2. The predicted octanol–water partition coefficient (Wildman–Crippen LogP) is 4.64. The van der Waals surface area contributed by atoms with Gasteiger partial charge in [-0.2, -0.15) is 26.3 Å². The Kier molecular flexibility index (Phi) is 8.11. The quantitative estimate of drug-likeness (QED) is 0.235. The van der Waals surface area contributed by atoms with E-state index in [1.165, 1.54) is 4.90 Å². The monoisotopic (exact) mass is 671 g/mol. The maximum Gasteiger partial charge on any atom is 0.435 e. The van der Waals surface area contributed by atoms with Crippen LogP contribution in [0, 0.1) is 17.7 Å². The number of halogens is 8. The van der Waals surface area contributed by atoms with E-state index in [0.717, 1.165) is 24.3 Å². The van der Waals surface area contributed by atoms with Crippen LogP contribution in [0.2, 0.25) is 0 Å². The van der Waals surface area contributed by atoms with Crippen LogP contribution >= 0.6 is 0 Å². The highest BCUT2D eigenvalue weighted by atomic mass is 32.2. The van der Waals surface area contributed by atoms with Crippen LogP contribution in [0.15, 0.2) is 53.4 Å². The van der Waals surface area contributed by atoms with Crippen LogP contribution in [0.5, 0.6) is 0 Å². The fraction of sp³-hybridized carbons (Fsp3) is 0.552. The van der Waals surface area contributed by atoms with Crippen molar-refractivity contribution in [3.05, 3.63) is 65.5 Å². The number of nitrogens with zero attached hydrogens (tertiary/aromatic N) is 1. The summed E-state index contributed by atoms with van der Waals surface area (Å²) in [6.07, 6.45) is -15.2. The third-order valence-corrected chi connectivity index (χ3v) is 12.0. The molecule has 1 saturated heterocycles. The largest absolute Gasteiger partial charge is 0.435 e. The molecule has 3 fully saturated rings. The first kappa shape index (κ1) is 33.5. The van der Waals surface area contributed by atoms with Crippen molar-refractivity contribution in [1.29, 1.82) is 0 Å². The number of rotatable bonds is 6. The van der Waals surface area contributed by atoms with E-state index in [0.29, 0.717) is 12.1 Å². The molecule has 0 bridgehead atoms. The van der Waals surface area contributed by atoms with Gasteiger partial charge in [0.05, 0.1) is 16.5 Å². The highest BCUT2D eigenvalue weighted by Crippen LogP contribution is 2.60. The van der Waals surface area contributed by atoms with E-state index in [1.807, 2.05) is 0 Å². The lowest BCUT2D eigenvalue weighted by atomic mass is 9.81. The minimum atomic E-state index is -6.41. The van der Waals surface area contributed by atoms with Crippen LogP contribution in [0.4, 0.5) is 35.1 Å². The normalized spacial score (nSPS) is 29.4. The van der Waals surface area contributed by atoms with Crippen LogP contribution in [-0.2, 0) is 25.0 Å². The lowest BCUT2D eigenvalue weighted by Crippen LogP contribution is -2.50. The molecule has 2 saturated carbocycles. The third-order valence-electron chi connectivity index (χ3n) is 9.59. The van der Waals surface area contributed by atoms with Gasteiger partial charge in [0.1, 0.15) is 10.6 Å². The Balaban J connectivity index is 1.61. The second-order valence-corrected chi connectivity index (χ2v) is 14.4. The van der Waals surface area contributed by atoms with Gasteiger partial charge in [-0.3, -0.25) is 4.79 Å². The molecule has 3 unspecified atom stereocenters. The Morgan fingerprint density at radius 2 is 1.38 bits per heavy atom. The summed E-state index contributed by atoms with van der Waals surface area (Å²) in [5.41, 5.74) is -9.41. The van der Waals surface area contributed by atoms with E-state index >= 15 is 0 Å². The van der Waals surface area contributed by atoms with Gasteiger partial charge in [0.25, 0.3) is 0 Å². The molecule has 1 spiro atoms. The Morgan fingerprint density at radius 3 is 1.82 bits per heavy atom. The van der Waals surface area contributed by atoms with Gasteiger partial charge < -0.3 is 20.2 Å². The first-order chi connectivity index (χ1) is 20.7. The predicted molar refractivity (Wildman–Crippen MR) is 140 cm³/mol. The van der Waals surface area contributed by atoms with Crippen LogP contribution in [0.1, 0.15) is 49.7 Å². The van der Waals surface area contributed by atoms with Gasteiger partial charge in [-0.05, 0) is 61.9 Å². The van der Waals surface area contributed by atoms with Crippen molar-refractivity contribution in [3.63, 3.8) is 0 Å². The molecule has 7 nitrogen and oxygen atoms in total. The molecule has 2 aliphatic carbocycles. The maximum atomic E-state index is 14.8. The molecule has 45 heavy (non-hydrogen) atoms. The summed E-state index contributed by atoms with van der Waals surface area (Å²) in [4.78, 5) is 14.6. The summed E-state index contributed by atoms with van der Waals surface area (Å²) in [6.45, 7) is -0.663. The second kappa shape index (κ2) is 10.9. The summed E-state index contributed by atoms with van der Waals surface area (Å²) in [5, 5.41) is 29.7. The number of hydrogen-bond acceptors (Lipinski definition) is 6. The molecular weight excluding hydrogens is 642 g/mol. The molecule has 3 atom stereocenters. The Morgan fingerprint density at radius 1 is 0.867 bits per heavy atom. The molecule has 2 aromatic rings. The number of likely N-dealkylation sites (tertiary alicyclic amines) is 1. The van der Waals surface area contributed by atoms with Gasteiger partial charge in [-0.1, -0.05) is 24.3 Å². The van der Waals surface area contributed by atoms with Crippen LogP contribution in [-0.4, -0.2) is 71.4 Å². The number of carbonyl (C=O) groups excluding carboxylic acids is 1. The smallest absolute Gasteiger partial charge is 0.391 e. The van der Waals surface area contributed by atoms with E-state index in [-0.39, 0.29) is 49.8 Å². The summed E-state index contributed by atoms with van der Waals surface area (Å²) in [7, 11) is -4.72. The zero-order valence-corrected chi connectivity index (χ0v) is 24.1. The van der Waals surface area contributed by atoms with Crippen LogP contribution < -0.4 is 0 Å². The summed E-state index contributed by atoms with van der Waals surface area (Å²) in [6, 6.07) is 5.16. The minimum absolute atomic E-state index is 0.0715. The topological polar surface area (TPSA) is 115 Å². The fourth-order valence-corrected chi connectivity index (χ4v) is 8.99. The number of hydrogen-bond donors (Lipinski definition) is 3. The van der Waals surface area contributed by atoms with Crippen molar-refractivity contribution in [2.45, 2.75) is 84.1 Å². The summed E-state index contributed by atoms with van der Waals surface area (Å²) >= 11 is 0. The number of amides is 1. The Bertz CT molecular complexity index is 1520. The molecule has 2 aromatic carbocycles. The molecular formula is C29H29F8NO6S. The molecule has 3 aliphatic rings. The third kappa shape index (κ3) is 5.21. The molecule has 16 heteroatoms. The number of aliphatic hydroxyl groups excluding tert-OH is 2. The van der Waals surface area contributed by atoms with Crippen molar-refractivity contribution < 1.29 is 63.7 Å². The van der Waals surface area contributed by atoms with Gasteiger partial charge in [0, 0.05) is 30.4 Å². The molecule has 3 N–H and O–H groups in total. The molecule has 1 amide bonds. The maximum absolute atomic E-state index is 14.8. The molecule has 0 aromatic heterocycles. The highest BCUT2D eigenvalue weighted by molar-refractivity contribution is 7.92. The average molecular weight is 672 g/mol. The Labute approximate surface area is 252 Å². The fourth-order valence-electron chi connectivity index (χ4n) is 6.86. The summed E-state index contributed by atoms with van der Waals surface area (Å²) < 4.78 is 135. The standard InChI is InChI=1S/C29H29F8NO6S/c30-20-9-11-21(12-10-20)45(43,44)26(18-5-7-19(8-6-18)27(31,28(32,33)34)29(35,36)37)14-25(13-22(25)39)38(15-26)23(40)16-1-3-17(4-2-16)24(41)42/h5-12,16-17,22,24,39,41-42H,1-4,13-15H2. The van der Waals surface area contributed by atoms with Crippen molar-refractivity contribution in [2.75, 3.05) is 6.54 Å². The number of aliphatic hydroxyl groups is 3. The molecule has 248 valence electrons. The average Bonchev–Trinajstić information content (AvgIpc) is 3.46. The van der Waals surface area contributed by atoms with E-state index in [2.05, 4.69) is 0 Å². The lowest BCUT2D eigenvalue weighted by Gasteiger charge is -2.34. The molecule has 0 radical (unpaired) electrons. The minimum Gasteiger partial charge on any atom is -0.391 e. The molecule has 1 aliphatic heterocycles. The van der Waals surface area contributed by atoms with Crippen LogP contribution in [0.3, 0.4) is 0 Å². The van der Waals surface area contributed by atoms with Crippen molar-refractivity contribution in [2.24, 2.45) is 11.8 Å². The van der Waals surface area contributed by atoms with Crippen molar-refractivity contribution in [1.82, 2.24) is 4.90 Å². The lowest BCUT2D eigenvalue weighted by molar-refractivity contribution is -0.348. The summed E-state index contributed by atoms with van der Waals surface area (Å²) in [5.74, 6) is -2.53. The first-order valence-electron chi connectivity index (χ1n) is 14.0. The van der Waals surface area contributed by atoms with Gasteiger partial charge in [0.15, 0.2) is 16.1 Å². The van der Waals surface area contributed by atoms with Crippen molar-refractivity contribution in [3.8, 4) is 0 Å². The number of alkyl halides is 7. The Hall–Kier alpha value is -2.82. The van der Waals surface area contributed by atoms with Crippen molar-refractivity contribution >= 4 is 15.7 Å². The molecule has 1 heterocycles.